The molecule has 0 heterocycles. The van der Waals surface area contributed by atoms with E-state index in [0.29, 0.717) is 45.9 Å². The second kappa shape index (κ2) is 15.1. The van der Waals surface area contributed by atoms with Crippen LogP contribution >= 0.6 is 0 Å². The van der Waals surface area contributed by atoms with Gasteiger partial charge in [0.25, 0.3) is 0 Å². The van der Waals surface area contributed by atoms with Crippen molar-refractivity contribution < 1.29 is 28.5 Å². The first-order chi connectivity index (χ1) is 11.8. The van der Waals surface area contributed by atoms with Gasteiger partial charge in [-0.2, -0.15) is 0 Å². The molecule has 1 unspecified atom stereocenters. The summed E-state index contributed by atoms with van der Waals surface area (Å²) in [6, 6.07) is 0. The summed E-state index contributed by atoms with van der Waals surface area (Å²) in [6.07, 6.45) is 9.54. The quantitative estimate of drug-likeness (QED) is 0.331. The average Bonchev–Trinajstić information content (AvgIpc) is 2.55. The minimum Gasteiger partial charge on any atom is -0.446 e. The number of alkyl carbamates (subject to hydrolysis) is 1. The molecular weight excluding hydrogens is 314 g/mol. The number of carbonyl (C=O) groups is 2. The maximum absolute atomic E-state index is 11.7. The summed E-state index contributed by atoms with van der Waals surface area (Å²) in [6.45, 7) is 2.63. The molecule has 0 radical (unpaired) electrons. The molecule has 0 fully saturated rings. The minimum absolute atomic E-state index is 0.00528. The molecule has 24 heavy (non-hydrogen) atoms. The van der Waals surface area contributed by atoms with Crippen molar-refractivity contribution in [3.05, 3.63) is 12.2 Å². The van der Waals surface area contributed by atoms with E-state index in [0.717, 1.165) is 32.1 Å². The average molecular weight is 343 g/mol. The van der Waals surface area contributed by atoms with Gasteiger partial charge in [0, 0.05) is 6.54 Å². The van der Waals surface area contributed by atoms with Crippen LogP contribution in [0.25, 0.3) is 0 Å². The number of ether oxygens (including phenoxy) is 4. The van der Waals surface area contributed by atoms with Crippen LogP contribution in [0, 0.1) is 0 Å². The van der Waals surface area contributed by atoms with E-state index in [1.54, 1.807) is 0 Å². The van der Waals surface area contributed by atoms with Crippen molar-refractivity contribution in [2.24, 2.45) is 0 Å². The largest absolute Gasteiger partial charge is 0.446 e. The van der Waals surface area contributed by atoms with Crippen molar-refractivity contribution in [2.45, 2.75) is 38.2 Å². The van der Waals surface area contributed by atoms with Crippen LogP contribution in [-0.2, 0) is 23.7 Å². The van der Waals surface area contributed by atoms with Crippen LogP contribution in [0.15, 0.2) is 12.2 Å². The molecule has 0 aromatic carbocycles. The van der Waals surface area contributed by atoms with Crippen molar-refractivity contribution in [2.75, 3.05) is 46.2 Å². The fraction of sp³-hybridized carbons (Fsp3) is 0.765. The van der Waals surface area contributed by atoms with E-state index in [9.17, 15) is 9.59 Å². The highest BCUT2D eigenvalue weighted by Crippen LogP contribution is 2.15. The molecule has 0 aliphatic heterocycles. The van der Waals surface area contributed by atoms with Crippen LogP contribution in [0.2, 0.25) is 0 Å². The summed E-state index contributed by atoms with van der Waals surface area (Å²) in [5, 5.41) is 2.69. The third-order valence-corrected chi connectivity index (χ3v) is 3.44. The molecule has 1 amide bonds. The smallest absolute Gasteiger partial charge is 0.407 e. The number of nitrogens with one attached hydrogen (secondary N) is 1. The van der Waals surface area contributed by atoms with Crippen LogP contribution < -0.4 is 5.32 Å². The summed E-state index contributed by atoms with van der Waals surface area (Å²) < 4.78 is 20.9. The summed E-state index contributed by atoms with van der Waals surface area (Å²) in [5.41, 5.74) is 0. The molecule has 0 aromatic heterocycles. The van der Waals surface area contributed by atoms with E-state index in [-0.39, 0.29) is 18.8 Å². The third kappa shape index (κ3) is 12.0. The molecular formula is C17H29NO6. The van der Waals surface area contributed by atoms with Gasteiger partial charge in [0.05, 0.1) is 33.0 Å². The lowest BCUT2D eigenvalue weighted by molar-refractivity contribution is -0.112. The maximum atomic E-state index is 11.7. The zero-order valence-corrected chi connectivity index (χ0v) is 14.2. The Hall–Kier alpha value is -1.44. The Labute approximate surface area is 143 Å². The van der Waals surface area contributed by atoms with E-state index < -0.39 is 0 Å². The number of hydrogen-bond donors (Lipinski definition) is 1. The number of hydrogen-bond acceptors (Lipinski definition) is 6. The molecule has 138 valence electrons. The standard InChI is InChI=1S/C17H29NO6/c19-9-11-22-13-15-23-14-12-21-10-8-18-17(20)24-16-6-4-2-1-3-5-7-16/h1-2,9,16H,3-8,10-15H2,(H,18,20)/b2-1-. The Bertz CT molecular complexity index is 361. The summed E-state index contributed by atoms with van der Waals surface area (Å²) in [4.78, 5) is 21.7. The Morgan fingerprint density at radius 1 is 1.00 bits per heavy atom. The van der Waals surface area contributed by atoms with Crippen molar-refractivity contribution in [1.82, 2.24) is 5.32 Å². The first kappa shape index (κ1) is 20.6. The lowest BCUT2D eigenvalue weighted by Gasteiger charge is -2.18. The molecule has 0 spiro atoms. The van der Waals surface area contributed by atoms with E-state index in [1.807, 2.05) is 0 Å². The molecule has 1 atom stereocenters. The van der Waals surface area contributed by atoms with Gasteiger partial charge in [0.1, 0.15) is 19.0 Å². The monoisotopic (exact) mass is 343 g/mol. The lowest BCUT2D eigenvalue weighted by Crippen LogP contribution is -2.31. The van der Waals surface area contributed by atoms with Gasteiger partial charge in [-0.05, 0) is 32.1 Å². The molecule has 0 bridgehead atoms. The predicted octanol–water partition coefficient (Wildman–Crippen LogP) is 1.85. The predicted molar refractivity (Wildman–Crippen MR) is 89.0 cm³/mol. The summed E-state index contributed by atoms with van der Waals surface area (Å²) in [5.74, 6) is 0. The van der Waals surface area contributed by atoms with Gasteiger partial charge in [-0.25, -0.2) is 4.79 Å². The maximum Gasteiger partial charge on any atom is 0.407 e. The first-order valence-corrected chi connectivity index (χ1v) is 8.59. The Kier molecular flexibility index (Phi) is 13.0. The molecule has 0 saturated heterocycles. The number of amides is 1. The molecule has 1 N–H and O–H groups in total. The Morgan fingerprint density at radius 2 is 1.71 bits per heavy atom. The number of carbonyl (C=O) groups excluding carboxylic acids is 2. The van der Waals surface area contributed by atoms with Crippen molar-refractivity contribution >= 4 is 12.4 Å². The fourth-order valence-electron chi connectivity index (χ4n) is 2.23. The van der Waals surface area contributed by atoms with Crippen LogP contribution in [0.1, 0.15) is 32.1 Å². The van der Waals surface area contributed by atoms with Crippen molar-refractivity contribution in [1.29, 1.82) is 0 Å². The number of aldehydes is 1. The molecule has 1 aliphatic carbocycles. The van der Waals surface area contributed by atoms with E-state index >= 15 is 0 Å². The topological polar surface area (TPSA) is 83.1 Å². The first-order valence-electron chi connectivity index (χ1n) is 8.59. The summed E-state index contributed by atoms with van der Waals surface area (Å²) >= 11 is 0. The summed E-state index contributed by atoms with van der Waals surface area (Å²) in [7, 11) is 0. The van der Waals surface area contributed by atoms with E-state index in [1.165, 1.54) is 0 Å². The van der Waals surface area contributed by atoms with E-state index in [2.05, 4.69) is 17.5 Å². The normalized spacial score (nSPS) is 19.1. The van der Waals surface area contributed by atoms with Gasteiger partial charge in [-0.3, -0.25) is 0 Å². The Balaban J connectivity index is 1.88. The number of rotatable bonds is 12. The molecule has 1 aliphatic rings. The molecule has 7 heteroatoms. The fourth-order valence-corrected chi connectivity index (χ4v) is 2.23. The van der Waals surface area contributed by atoms with Crippen molar-refractivity contribution in [3.63, 3.8) is 0 Å². The molecule has 0 saturated carbocycles. The zero-order chi connectivity index (χ0) is 17.3. The van der Waals surface area contributed by atoms with Gasteiger partial charge in [0.15, 0.2) is 0 Å². The van der Waals surface area contributed by atoms with Gasteiger partial charge in [-0.15, -0.1) is 0 Å². The van der Waals surface area contributed by atoms with Crippen LogP contribution in [0.4, 0.5) is 4.79 Å². The zero-order valence-electron chi connectivity index (χ0n) is 14.2. The highest BCUT2D eigenvalue weighted by atomic mass is 16.6. The minimum atomic E-state index is -0.378. The van der Waals surface area contributed by atoms with Crippen LogP contribution in [-0.4, -0.2) is 64.7 Å². The highest BCUT2D eigenvalue weighted by Gasteiger charge is 2.14. The van der Waals surface area contributed by atoms with Gasteiger partial charge in [-0.1, -0.05) is 12.2 Å². The highest BCUT2D eigenvalue weighted by molar-refractivity contribution is 5.67. The second-order valence-electron chi connectivity index (χ2n) is 5.40. The van der Waals surface area contributed by atoms with Gasteiger partial charge in [0.2, 0.25) is 0 Å². The molecule has 1 rings (SSSR count). The molecule has 0 aromatic rings. The van der Waals surface area contributed by atoms with Crippen molar-refractivity contribution in [3.8, 4) is 0 Å². The Morgan fingerprint density at radius 3 is 2.50 bits per heavy atom. The van der Waals surface area contributed by atoms with Gasteiger partial charge < -0.3 is 29.1 Å². The molecule has 7 nitrogen and oxygen atoms in total. The lowest BCUT2D eigenvalue weighted by atomic mass is 10.0. The number of allylic oxidation sites excluding steroid dienone is 2. The third-order valence-electron chi connectivity index (χ3n) is 3.44. The van der Waals surface area contributed by atoms with Crippen LogP contribution in [0.5, 0.6) is 0 Å². The van der Waals surface area contributed by atoms with E-state index in [4.69, 9.17) is 18.9 Å². The second-order valence-corrected chi connectivity index (χ2v) is 5.40. The SMILES string of the molecule is O=CCOCCOCCOCCNC(=O)OC1CC/C=C\CCC1. The van der Waals surface area contributed by atoms with Gasteiger partial charge >= 0.3 is 6.09 Å². The van der Waals surface area contributed by atoms with Crippen LogP contribution in [0.3, 0.4) is 0 Å².